The third-order valence-corrected chi connectivity index (χ3v) is 3.84. The summed E-state index contributed by atoms with van der Waals surface area (Å²) in [6.45, 7) is 3.85. The highest BCUT2D eigenvalue weighted by Crippen LogP contribution is 2.23. The molecule has 0 N–H and O–H groups in total. The fourth-order valence-electron chi connectivity index (χ4n) is 2.36. The first-order chi connectivity index (χ1) is 14.0. The molecule has 2 aromatic rings. The van der Waals surface area contributed by atoms with E-state index in [4.69, 9.17) is 4.74 Å². The zero-order valence-electron chi connectivity index (χ0n) is 16.7. The van der Waals surface area contributed by atoms with E-state index in [0.29, 0.717) is 28.5 Å². The standard InChI is InChI=1S/C20H22F2N6O/c1-5-14(10-23-3)16-8-9-18(27-26-16)29-12-13(2)19(28-24-4)17-7-6-15(11-25-17)20(21)22/h5-11,20H,12H2,1-4H3/b14-5+,19-13+,23-10?,28-24?. The van der Waals surface area contributed by atoms with Gasteiger partial charge in [-0.05, 0) is 37.6 Å². The number of allylic oxidation sites excluding steroid dienone is 2. The number of aromatic nitrogens is 3. The monoisotopic (exact) mass is 400 g/mol. The van der Waals surface area contributed by atoms with Gasteiger partial charge in [-0.25, -0.2) is 8.78 Å². The minimum Gasteiger partial charge on any atom is -0.472 e. The average molecular weight is 400 g/mol. The van der Waals surface area contributed by atoms with E-state index >= 15 is 0 Å². The van der Waals surface area contributed by atoms with Crippen molar-refractivity contribution in [3.05, 3.63) is 59.1 Å². The first kappa shape index (κ1) is 21.9. The van der Waals surface area contributed by atoms with Crippen molar-refractivity contribution in [2.45, 2.75) is 20.3 Å². The van der Waals surface area contributed by atoms with Crippen LogP contribution in [-0.4, -0.2) is 42.1 Å². The lowest BCUT2D eigenvalue weighted by molar-refractivity contribution is 0.151. The van der Waals surface area contributed by atoms with Crippen LogP contribution in [0.3, 0.4) is 0 Å². The Kier molecular flexibility index (Phi) is 8.20. The summed E-state index contributed by atoms with van der Waals surface area (Å²) < 4.78 is 31.1. The van der Waals surface area contributed by atoms with E-state index in [2.05, 4.69) is 30.4 Å². The number of halogens is 2. The molecule has 0 radical (unpaired) electrons. The number of nitrogens with zero attached hydrogens (tertiary/aromatic N) is 6. The summed E-state index contributed by atoms with van der Waals surface area (Å²) in [7, 11) is 3.20. The highest BCUT2D eigenvalue weighted by Gasteiger charge is 2.12. The molecule has 0 aromatic carbocycles. The van der Waals surface area contributed by atoms with E-state index in [-0.39, 0.29) is 12.2 Å². The van der Waals surface area contributed by atoms with Crippen LogP contribution in [0.15, 0.2) is 57.3 Å². The lowest BCUT2D eigenvalue weighted by Crippen LogP contribution is -2.05. The van der Waals surface area contributed by atoms with Crippen LogP contribution in [-0.2, 0) is 0 Å². The summed E-state index contributed by atoms with van der Waals surface area (Å²) in [5.74, 6) is 0.339. The molecule has 9 heteroatoms. The molecule has 0 saturated heterocycles. The molecular weight excluding hydrogens is 378 g/mol. The van der Waals surface area contributed by atoms with Gasteiger partial charge in [0, 0.05) is 43.7 Å². The Balaban J connectivity index is 2.16. The molecule has 0 saturated carbocycles. The van der Waals surface area contributed by atoms with Gasteiger partial charge in [-0.15, -0.1) is 10.2 Å². The van der Waals surface area contributed by atoms with Crippen LogP contribution in [0, 0.1) is 0 Å². The van der Waals surface area contributed by atoms with Crippen molar-refractivity contribution < 1.29 is 13.5 Å². The molecule has 0 aliphatic rings. The summed E-state index contributed by atoms with van der Waals surface area (Å²) in [5, 5.41) is 16.0. The van der Waals surface area contributed by atoms with E-state index in [9.17, 15) is 8.78 Å². The summed E-state index contributed by atoms with van der Waals surface area (Å²) in [6.07, 6.45) is 2.14. The van der Waals surface area contributed by atoms with Crippen molar-refractivity contribution >= 4 is 17.5 Å². The van der Waals surface area contributed by atoms with E-state index in [1.807, 2.05) is 13.0 Å². The second-order valence-corrected chi connectivity index (χ2v) is 5.88. The molecule has 29 heavy (non-hydrogen) atoms. The summed E-state index contributed by atoms with van der Waals surface area (Å²) in [4.78, 5) is 8.04. The van der Waals surface area contributed by atoms with Gasteiger partial charge >= 0.3 is 0 Å². The van der Waals surface area contributed by atoms with Crippen molar-refractivity contribution in [3.63, 3.8) is 0 Å². The molecule has 0 fully saturated rings. The van der Waals surface area contributed by atoms with Crippen molar-refractivity contribution in [2.24, 2.45) is 15.2 Å². The Morgan fingerprint density at radius 2 is 1.90 bits per heavy atom. The first-order valence-electron chi connectivity index (χ1n) is 8.79. The Morgan fingerprint density at radius 3 is 2.41 bits per heavy atom. The zero-order valence-corrected chi connectivity index (χ0v) is 16.7. The Hall–Kier alpha value is -3.36. The molecular formula is C20H22F2N6O. The lowest BCUT2D eigenvalue weighted by atomic mass is 10.1. The normalized spacial score (nSPS) is 13.4. The first-order valence-corrected chi connectivity index (χ1v) is 8.79. The van der Waals surface area contributed by atoms with Gasteiger partial charge in [-0.3, -0.25) is 9.98 Å². The van der Waals surface area contributed by atoms with Crippen LogP contribution in [0.5, 0.6) is 5.88 Å². The maximum Gasteiger partial charge on any atom is 0.265 e. The summed E-state index contributed by atoms with van der Waals surface area (Å²) >= 11 is 0. The van der Waals surface area contributed by atoms with Gasteiger partial charge in [0.15, 0.2) is 0 Å². The van der Waals surface area contributed by atoms with Crippen molar-refractivity contribution in [3.8, 4) is 5.88 Å². The van der Waals surface area contributed by atoms with Crippen molar-refractivity contribution in [1.29, 1.82) is 0 Å². The maximum atomic E-state index is 12.7. The Labute approximate surface area is 168 Å². The molecule has 0 bridgehead atoms. The molecule has 7 nitrogen and oxygen atoms in total. The lowest BCUT2D eigenvalue weighted by Gasteiger charge is -2.09. The average Bonchev–Trinajstić information content (AvgIpc) is 2.74. The second-order valence-electron chi connectivity index (χ2n) is 5.88. The maximum absolute atomic E-state index is 12.7. The second kappa shape index (κ2) is 10.8. The molecule has 0 aliphatic carbocycles. The predicted molar refractivity (Wildman–Crippen MR) is 108 cm³/mol. The van der Waals surface area contributed by atoms with Gasteiger partial charge in [0.05, 0.1) is 11.4 Å². The molecule has 0 unspecified atom stereocenters. The van der Waals surface area contributed by atoms with Crippen LogP contribution in [0.1, 0.15) is 37.2 Å². The third-order valence-electron chi connectivity index (χ3n) is 3.84. The van der Waals surface area contributed by atoms with Crippen LogP contribution in [0.4, 0.5) is 8.78 Å². The quantitative estimate of drug-likeness (QED) is 0.470. The SMILES string of the molecule is C/C=C(\C=NC)c1ccc(OC/C(C)=C(/N=NC)c2ccc(C(F)F)cn2)nn1. The van der Waals surface area contributed by atoms with Crippen LogP contribution >= 0.6 is 0 Å². The zero-order chi connectivity index (χ0) is 21.2. The topological polar surface area (TPSA) is 85.0 Å². The Morgan fingerprint density at radius 1 is 1.14 bits per heavy atom. The highest BCUT2D eigenvalue weighted by atomic mass is 19.3. The van der Waals surface area contributed by atoms with Crippen LogP contribution in [0.25, 0.3) is 11.3 Å². The molecule has 2 rings (SSSR count). The summed E-state index contributed by atoms with van der Waals surface area (Å²) in [6, 6.07) is 6.29. The van der Waals surface area contributed by atoms with Gasteiger partial charge in [-0.2, -0.15) is 10.2 Å². The fraction of sp³-hybridized carbons (Fsp3) is 0.300. The van der Waals surface area contributed by atoms with Gasteiger partial charge in [0.1, 0.15) is 12.3 Å². The highest BCUT2D eigenvalue weighted by molar-refractivity contribution is 6.08. The number of pyridine rings is 1. The molecule has 2 heterocycles. The smallest absolute Gasteiger partial charge is 0.265 e. The van der Waals surface area contributed by atoms with Crippen molar-refractivity contribution in [1.82, 2.24) is 15.2 Å². The number of alkyl halides is 2. The van der Waals surface area contributed by atoms with Gasteiger partial charge in [-0.1, -0.05) is 6.08 Å². The fourth-order valence-corrected chi connectivity index (χ4v) is 2.36. The van der Waals surface area contributed by atoms with E-state index in [1.54, 1.807) is 32.3 Å². The minimum atomic E-state index is -2.57. The predicted octanol–water partition coefficient (Wildman–Crippen LogP) is 4.81. The van der Waals surface area contributed by atoms with Crippen molar-refractivity contribution in [2.75, 3.05) is 20.7 Å². The molecule has 0 atom stereocenters. The number of ether oxygens (including phenoxy) is 1. The van der Waals surface area contributed by atoms with E-state index in [1.165, 1.54) is 19.2 Å². The van der Waals surface area contributed by atoms with Crippen LogP contribution in [0.2, 0.25) is 0 Å². The third kappa shape index (κ3) is 6.06. The van der Waals surface area contributed by atoms with Gasteiger partial charge in [0.2, 0.25) is 5.88 Å². The number of azo groups is 1. The molecule has 2 aromatic heterocycles. The van der Waals surface area contributed by atoms with Gasteiger partial charge < -0.3 is 4.74 Å². The molecule has 0 aliphatic heterocycles. The largest absolute Gasteiger partial charge is 0.472 e. The van der Waals surface area contributed by atoms with E-state index in [0.717, 1.165) is 11.8 Å². The molecule has 0 spiro atoms. The number of rotatable bonds is 8. The van der Waals surface area contributed by atoms with E-state index < -0.39 is 6.43 Å². The molecule has 152 valence electrons. The summed E-state index contributed by atoms with van der Waals surface area (Å²) in [5.41, 5.74) is 2.98. The Bertz CT molecular complexity index is 919. The number of aliphatic imine (C=N–C) groups is 1. The number of hydrogen-bond donors (Lipinski definition) is 0. The minimum absolute atomic E-state index is 0.153. The van der Waals surface area contributed by atoms with Crippen LogP contribution < -0.4 is 4.74 Å². The number of hydrogen-bond acceptors (Lipinski definition) is 7. The molecule has 0 amide bonds. The van der Waals surface area contributed by atoms with Gasteiger partial charge in [0.25, 0.3) is 6.43 Å².